The third-order valence-electron chi connectivity index (χ3n) is 3.83. The molecule has 1 unspecified atom stereocenters. The summed E-state index contributed by atoms with van der Waals surface area (Å²) in [6.45, 7) is 1.80. The number of ether oxygens (including phenoxy) is 1. The van der Waals surface area contributed by atoms with Crippen molar-refractivity contribution in [2.75, 3.05) is 6.61 Å². The van der Waals surface area contributed by atoms with Crippen LogP contribution in [0.25, 0.3) is 5.69 Å². The molecule has 0 spiro atoms. The number of amides is 1. The lowest BCUT2D eigenvalue weighted by Gasteiger charge is -2.14. The molecule has 0 aliphatic heterocycles. The van der Waals surface area contributed by atoms with Crippen molar-refractivity contribution in [3.63, 3.8) is 0 Å². The summed E-state index contributed by atoms with van der Waals surface area (Å²) in [5, 5.41) is 17.7. The van der Waals surface area contributed by atoms with Gasteiger partial charge in [-0.3, -0.25) is 14.9 Å². The molecule has 0 saturated carbocycles. The summed E-state index contributed by atoms with van der Waals surface area (Å²) in [6.07, 6.45) is 1.54. The first-order chi connectivity index (χ1) is 13.4. The number of rotatable bonds is 7. The summed E-state index contributed by atoms with van der Waals surface area (Å²) in [5.41, 5.74) is 0.534. The maximum atomic E-state index is 13.5. The zero-order chi connectivity index (χ0) is 20.1. The van der Waals surface area contributed by atoms with Gasteiger partial charge in [-0.15, -0.1) is 0 Å². The Morgan fingerprint density at radius 3 is 2.82 bits per heavy atom. The number of nitro groups is 1. The molecule has 0 radical (unpaired) electrons. The van der Waals surface area contributed by atoms with Crippen LogP contribution in [0.3, 0.4) is 0 Å². The lowest BCUT2D eigenvalue weighted by Crippen LogP contribution is -2.37. The van der Waals surface area contributed by atoms with Crippen molar-refractivity contribution in [3.05, 3.63) is 82.4 Å². The van der Waals surface area contributed by atoms with Gasteiger partial charge in [0.2, 0.25) is 0 Å². The molecule has 1 aromatic heterocycles. The van der Waals surface area contributed by atoms with E-state index in [1.165, 1.54) is 47.3 Å². The van der Waals surface area contributed by atoms with E-state index in [1.807, 2.05) is 0 Å². The van der Waals surface area contributed by atoms with Crippen molar-refractivity contribution >= 4 is 11.6 Å². The number of nitrogens with one attached hydrogen (secondary N) is 1. The standard InChI is InChI=1S/C19H17FN4O4/c1-13(12-28-18-8-3-2-7-16(18)20)21-19(25)17-9-10-23(22-17)14-5-4-6-15(11-14)24(26)27/h2-11,13H,12H2,1H3,(H,21,25). The number of nitro benzene ring substituents is 1. The van der Waals surface area contributed by atoms with Gasteiger partial charge >= 0.3 is 0 Å². The van der Waals surface area contributed by atoms with E-state index in [1.54, 1.807) is 25.1 Å². The summed E-state index contributed by atoms with van der Waals surface area (Å²) < 4.78 is 20.3. The summed E-state index contributed by atoms with van der Waals surface area (Å²) in [7, 11) is 0. The lowest BCUT2D eigenvalue weighted by molar-refractivity contribution is -0.384. The Morgan fingerprint density at radius 2 is 2.07 bits per heavy atom. The lowest BCUT2D eigenvalue weighted by atomic mass is 10.3. The molecular weight excluding hydrogens is 367 g/mol. The number of carbonyl (C=O) groups is 1. The van der Waals surface area contributed by atoms with Crippen LogP contribution in [0.4, 0.5) is 10.1 Å². The molecule has 8 nitrogen and oxygen atoms in total. The van der Waals surface area contributed by atoms with Crippen LogP contribution in [0, 0.1) is 15.9 Å². The molecule has 1 amide bonds. The molecule has 28 heavy (non-hydrogen) atoms. The van der Waals surface area contributed by atoms with Gasteiger partial charge in [-0.05, 0) is 31.2 Å². The average Bonchev–Trinajstić information content (AvgIpc) is 3.18. The Balaban J connectivity index is 1.61. The summed E-state index contributed by atoms with van der Waals surface area (Å²) in [5.74, 6) is -0.802. The first-order valence-corrected chi connectivity index (χ1v) is 8.43. The number of para-hydroxylation sites is 1. The topological polar surface area (TPSA) is 99.3 Å². The maximum absolute atomic E-state index is 13.5. The molecule has 0 fully saturated rings. The molecular formula is C19H17FN4O4. The number of aromatic nitrogens is 2. The first kappa shape index (κ1) is 19.0. The Hall–Kier alpha value is -3.75. The van der Waals surface area contributed by atoms with Crippen LogP contribution in [0.2, 0.25) is 0 Å². The van der Waals surface area contributed by atoms with Gasteiger partial charge in [0.05, 0.1) is 16.7 Å². The van der Waals surface area contributed by atoms with E-state index in [0.717, 1.165) is 0 Å². The smallest absolute Gasteiger partial charge is 0.272 e. The highest BCUT2D eigenvalue weighted by atomic mass is 19.1. The monoisotopic (exact) mass is 384 g/mol. The van der Waals surface area contributed by atoms with Gasteiger partial charge in [0, 0.05) is 18.3 Å². The predicted molar refractivity (Wildman–Crippen MR) is 99.0 cm³/mol. The molecule has 0 saturated heterocycles. The van der Waals surface area contributed by atoms with Crippen LogP contribution in [0.15, 0.2) is 60.8 Å². The van der Waals surface area contributed by atoms with Crippen LogP contribution < -0.4 is 10.1 Å². The Bertz CT molecular complexity index is 1000. The van der Waals surface area contributed by atoms with Gasteiger partial charge < -0.3 is 10.1 Å². The average molecular weight is 384 g/mol. The fourth-order valence-corrected chi connectivity index (χ4v) is 2.45. The van der Waals surface area contributed by atoms with E-state index < -0.39 is 22.7 Å². The Kier molecular flexibility index (Phi) is 5.64. The molecule has 2 aromatic carbocycles. The van der Waals surface area contributed by atoms with Crippen molar-refractivity contribution in [1.29, 1.82) is 0 Å². The Morgan fingerprint density at radius 1 is 1.29 bits per heavy atom. The van der Waals surface area contributed by atoms with Crippen molar-refractivity contribution in [2.45, 2.75) is 13.0 Å². The molecule has 3 rings (SSSR count). The van der Waals surface area contributed by atoms with E-state index in [-0.39, 0.29) is 23.7 Å². The number of nitrogens with zero attached hydrogens (tertiary/aromatic N) is 3. The van der Waals surface area contributed by atoms with Crippen molar-refractivity contribution in [3.8, 4) is 11.4 Å². The highest BCUT2D eigenvalue weighted by molar-refractivity contribution is 5.92. The van der Waals surface area contributed by atoms with Crippen molar-refractivity contribution in [1.82, 2.24) is 15.1 Å². The van der Waals surface area contributed by atoms with Crippen LogP contribution in [0.1, 0.15) is 17.4 Å². The Labute approximate surface area is 159 Å². The second-order valence-corrected chi connectivity index (χ2v) is 6.04. The molecule has 1 atom stereocenters. The molecule has 3 aromatic rings. The number of hydrogen-bond acceptors (Lipinski definition) is 5. The SMILES string of the molecule is CC(COc1ccccc1F)NC(=O)c1ccn(-c2cccc([N+](=O)[O-])c2)n1. The number of benzene rings is 2. The minimum Gasteiger partial charge on any atom is -0.488 e. The number of non-ortho nitro benzene ring substituents is 1. The van der Waals surface area contributed by atoms with Gasteiger partial charge in [0.1, 0.15) is 6.61 Å². The third-order valence-corrected chi connectivity index (χ3v) is 3.83. The molecule has 0 aliphatic rings. The zero-order valence-corrected chi connectivity index (χ0v) is 14.9. The maximum Gasteiger partial charge on any atom is 0.272 e. The fourth-order valence-electron chi connectivity index (χ4n) is 2.45. The number of hydrogen-bond donors (Lipinski definition) is 1. The van der Waals surface area contributed by atoms with Gasteiger partial charge in [-0.25, -0.2) is 9.07 Å². The van der Waals surface area contributed by atoms with Crippen molar-refractivity contribution < 1.29 is 18.8 Å². The molecule has 1 heterocycles. The highest BCUT2D eigenvalue weighted by Crippen LogP contribution is 2.17. The second kappa shape index (κ2) is 8.30. The van der Waals surface area contributed by atoms with Gasteiger partial charge in [0.25, 0.3) is 11.6 Å². The predicted octanol–water partition coefficient (Wildman–Crippen LogP) is 3.12. The summed E-state index contributed by atoms with van der Waals surface area (Å²) >= 11 is 0. The normalized spacial score (nSPS) is 11.6. The number of halogens is 1. The van der Waals surface area contributed by atoms with Crippen LogP contribution in [-0.4, -0.2) is 33.3 Å². The summed E-state index contributed by atoms with van der Waals surface area (Å²) in [4.78, 5) is 22.7. The zero-order valence-electron chi connectivity index (χ0n) is 14.9. The van der Waals surface area contributed by atoms with Crippen LogP contribution >= 0.6 is 0 Å². The molecule has 0 bridgehead atoms. The van der Waals surface area contributed by atoms with E-state index in [9.17, 15) is 19.3 Å². The highest BCUT2D eigenvalue weighted by Gasteiger charge is 2.15. The molecule has 0 aliphatic carbocycles. The second-order valence-electron chi connectivity index (χ2n) is 6.04. The molecule has 1 N–H and O–H groups in total. The minimum atomic E-state index is -0.502. The fraction of sp³-hybridized carbons (Fsp3) is 0.158. The molecule has 9 heteroatoms. The van der Waals surface area contributed by atoms with Crippen molar-refractivity contribution in [2.24, 2.45) is 0 Å². The van der Waals surface area contributed by atoms with Gasteiger partial charge in [-0.2, -0.15) is 5.10 Å². The largest absolute Gasteiger partial charge is 0.488 e. The van der Waals surface area contributed by atoms with Gasteiger partial charge in [0.15, 0.2) is 17.3 Å². The van der Waals surface area contributed by atoms with Crippen LogP contribution in [0.5, 0.6) is 5.75 Å². The van der Waals surface area contributed by atoms with Crippen LogP contribution in [-0.2, 0) is 0 Å². The molecule has 144 valence electrons. The summed E-state index contributed by atoms with van der Waals surface area (Å²) in [6, 6.07) is 13.0. The number of carbonyl (C=O) groups excluding carboxylic acids is 1. The van der Waals surface area contributed by atoms with E-state index in [4.69, 9.17) is 4.74 Å². The minimum absolute atomic E-state index is 0.0714. The van der Waals surface area contributed by atoms with Gasteiger partial charge in [-0.1, -0.05) is 18.2 Å². The first-order valence-electron chi connectivity index (χ1n) is 8.43. The quantitative estimate of drug-likeness (QED) is 0.498. The van der Waals surface area contributed by atoms with E-state index >= 15 is 0 Å². The van der Waals surface area contributed by atoms with E-state index in [0.29, 0.717) is 5.69 Å². The third kappa shape index (κ3) is 4.50. The van der Waals surface area contributed by atoms with E-state index in [2.05, 4.69) is 10.4 Å².